The summed E-state index contributed by atoms with van der Waals surface area (Å²) in [4.78, 5) is 17.7. The van der Waals surface area contributed by atoms with Crippen LogP contribution in [-0.4, -0.2) is 20.6 Å². The molecule has 1 aliphatic heterocycles. The molecule has 6 nitrogen and oxygen atoms in total. The molecule has 2 aliphatic rings. The number of anilines is 2. The maximum absolute atomic E-state index is 13.7. The van der Waals surface area contributed by atoms with Gasteiger partial charge in [0.2, 0.25) is 0 Å². The molecule has 0 saturated carbocycles. The monoisotopic (exact) mass is 462 g/mol. The molecule has 7 heteroatoms. The second-order valence-electron chi connectivity index (χ2n) is 8.60. The normalized spacial score (nSPS) is 11.8. The van der Waals surface area contributed by atoms with Crippen molar-refractivity contribution in [2.75, 3.05) is 5.32 Å². The highest BCUT2D eigenvalue weighted by Crippen LogP contribution is 2.32. The van der Waals surface area contributed by atoms with Crippen molar-refractivity contribution in [3.8, 4) is 17.1 Å². The highest BCUT2D eigenvalue weighted by Gasteiger charge is 2.17. The molecule has 0 unspecified atom stereocenters. The summed E-state index contributed by atoms with van der Waals surface area (Å²) >= 11 is 0. The second kappa shape index (κ2) is 8.99. The number of nitrogens with one attached hydrogen (secondary N) is 1. The van der Waals surface area contributed by atoms with Crippen LogP contribution in [0.15, 0.2) is 77.9 Å². The summed E-state index contributed by atoms with van der Waals surface area (Å²) in [5, 5.41) is 4.21. The average molecular weight is 463 g/mol. The number of hydrogen-bond donors (Lipinski definition) is 1. The summed E-state index contributed by atoms with van der Waals surface area (Å²) in [6.45, 7) is 13.4. The first kappa shape index (κ1) is 22.2. The Labute approximate surface area is 202 Å². The van der Waals surface area contributed by atoms with Crippen LogP contribution < -0.4 is 10.7 Å². The van der Waals surface area contributed by atoms with Gasteiger partial charge in [0.05, 0.1) is 51.9 Å². The third-order valence-electron chi connectivity index (χ3n) is 5.58. The van der Waals surface area contributed by atoms with Crippen LogP contribution >= 0.6 is 0 Å². The third-order valence-corrected chi connectivity index (χ3v) is 5.58. The predicted octanol–water partition coefficient (Wildman–Crippen LogP) is 6.58. The second-order valence-corrected chi connectivity index (χ2v) is 8.60. The summed E-state index contributed by atoms with van der Waals surface area (Å²) in [5.74, 6) is -0.305. The van der Waals surface area contributed by atoms with Crippen LogP contribution in [0.1, 0.15) is 19.5 Å². The van der Waals surface area contributed by atoms with Gasteiger partial charge in [0.15, 0.2) is 5.69 Å². The van der Waals surface area contributed by atoms with E-state index in [0.29, 0.717) is 16.9 Å². The highest BCUT2D eigenvalue weighted by molar-refractivity contribution is 5.86. The van der Waals surface area contributed by atoms with Crippen LogP contribution in [-0.2, 0) is 0 Å². The maximum Gasteiger partial charge on any atom is 0.189 e. The quantitative estimate of drug-likeness (QED) is 0.243. The number of fused-ring (bicyclic) bond motifs is 2. The smallest absolute Gasteiger partial charge is 0.189 e. The van der Waals surface area contributed by atoms with Crippen LogP contribution in [0.5, 0.6) is 0 Å². The van der Waals surface area contributed by atoms with Gasteiger partial charge in [-0.1, -0.05) is 6.07 Å². The van der Waals surface area contributed by atoms with Crippen molar-refractivity contribution in [1.29, 1.82) is 0 Å². The summed E-state index contributed by atoms with van der Waals surface area (Å²) in [6, 6.07) is 19.7. The summed E-state index contributed by atoms with van der Waals surface area (Å²) in [6.07, 6.45) is 1.78. The molecule has 5 rings (SSSR count). The number of rotatable bonds is 4. The van der Waals surface area contributed by atoms with Crippen LogP contribution in [0.2, 0.25) is 0 Å². The van der Waals surface area contributed by atoms with Crippen molar-refractivity contribution in [2.45, 2.75) is 26.8 Å². The number of hydrogen-bond acceptors (Lipinski definition) is 4. The molecule has 0 bridgehead atoms. The van der Waals surface area contributed by atoms with E-state index in [9.17, 15) is 4.39 Å². The Hall–Kier alpha value is -4.57. The van der Waals surface area contributed by atoms with Gasteiger partial charge in [-0.25, -0.2) is 14.2 Å². The van der Waals surface area contributed by atoms with Gasteiger partial charge < -0.3 is 9.88 Å². The van der Waals surface area contributed by atoms with E-state index in [0.717, 1.165) is 39.3 Å². The van der Waals surface area contributed by atoms with Crippen molar-refractivity contribution in [2.24, 2.45) is 4.99 Å². The molecule has 0 radical (unpaired) electrons. The van der Waals surface area contributed by atoms with Gasteiger partial charge in [-0.2, -0.15) is 0 Å². The lowest BCUT2D eigenvalue weighted by Gasteiger charge is -2.20. The zero-order valence-corrected chi connectivity index (χ0v) is 19.6. The molecular weight excluding hydrogens is 439 g/mol. The maximum atomic E-state index is 13.7. The summed E-state index contributed by atoms with van der Waals surface area (Å²) < 4.78 is 15.8. The zero-order valence-electron chi connectivity index (χ0n) is 19.6. The number of nitrogens with zero attached hydrogens (tertiary/aromatic N) is 5. The van der Waals surface area contributed by atoms with Gasteiger partial charge in [0.25, 0.3) is 0 Å². The minimum Gasteiger partial charge on any atom is -0.352 e. The molecule has 1 aromatic heterocycles. The Balaban J connectivity index is 1.83. The van der Waals surface area contributed by atoms with E-state index < -0.39 is 0 Å². The fraction of sp³-hybridized carbons (Fsp3) is 0.143. The average Bonchev–Trinajstić information content (AvgIpc) is 2.84. The van der Waals surface area contributed by atoms with E-state index in [-0.39, 0.29) is 11.9 Å². The van der Waals surface area contributed by atoms with Gasteiger partial charge in [-0.3, -0.25) is 9.98 Å². The van der Waals surface area contributed by atoms with Crippen molar-refractivity contribution in [3.05, 3.63) is 101 Å². The van der Waals surface area contributed by atoms with Crippen molar-refractivity contribution in [3.63, 3.8) is 0 Å². The van der Waals surface area contributed by atoms with Crippen molar-refractivity contribution >= 4 is 28.1 Å². The van der Waals surface area contributed by atoms with Gasteiger partial charge in [-0.15, -0.1) is 0 Å². The largest absolute Gasteiger partial charge is 0.352 e. The summed E-state index contributed by atoms with van der Waals surface area (Å²) in [7, 11) is 0. The highest BCUT2D eigenvalue weighted by atomic mass is 19.1. The minimum atomic E-state index is -0.305. The topological polar surface area (TPSA) is 59.5 Å². The Morgan fingerprint density at radius 3 is 2.51 bits per heavy atom. The van der Waals surface area contributed by atoms with Gasteiger partial charge in [-0.05, 0) is 81.4 Å². The molecule has 172 valence electrons. The first-order valence-electron chi connectivity index (χ1n) is 11.3. The van der Waals surface area contributed by atoms with Crippen molar-refractivity contribution in [1.82, 2.24) is 14.5 Å². The molecule has 2 aromatic carbocycles. The van der Waals surface area contributed by atoms with E-state index in [1.54, 1.807) is 30.5 Å². The molecule has 1 aliphatic carbocycles. The number of aryl methyl sites for hydroxylation is 1. The predicted molar refractivity (Wildman–Crippen MR) is 137 cm³/mol. The van der Waals surface area contributed by atoms with Gasteiger partial charge in [0, 0.05) is 17.4 Å². The van der Waals surface area contributed by atoms with Crippen LogP contribution in [0.3, 0.4) is 0 Å². The van der Waals surface area contributed by atoms with Crippen LogP contribution in [0.4, 0.5) is 21.5 Å². The molecule has 1 N–H and O–H groups in total. The molecule has 35 heavy (non-hydrogen) atoms. The molecule has 0 fully saturated rings. The van der Waals surface area contributed by atoms with E-state index in [1.807, 2.05) is 55.7 Å². The first-order valence-corrected chi connectivity index (χ1v) is 11.3. The Morgan fingerprint density at radius 1 is 1.03 bits per heavy atom. The molecular formula is C28H23FN6. The SMILES string of the molecule is [C-]#[N+]c1ccc2c(c1)nc1cc(Nc3ccc(C)nc3)/c(=N/C(C)C)cc-1n2-c1ccc(F)cc1. The van der Waals surface area contributed by atoms with Crippen molar-refractivity contribution < 1.29 is 4.39 Å². The first-order chi connectivity index (χ1) is 16.9. The fourth-order valence-electron chi connectivity index (χ4n) is 4.00. The molecule has 2 heterocycles. The number of benzene rings is 3. The molecule has 0 saturated heterocycles. The number of pyridine rings is 1. The molecule has 0 spiro atoms. The van der Waals surface area contributed by atoms with E-state index in [4.69, 9.17) is 16.5 Å². The lowest BCUT2D eigenvalue weighted by Crippen LogP contribution is -2.16. The summed E-state index contributed by atoms with van der Waals surface area (Å²) in [5.41, 5.74) is 6.91. The molecule has 0 atom stereocenters. The van der Waals surface area contributed by atoms with Crippen LogP contribution in [0.25, 0.3) is 33.0 Å². The van der Waals surface area contributed by atoms with E-state index in [1.165, 1.54) is 12.1 Å². The fourth-order valence-corrected chi connectivity index (χ4v) is 4.00. The number of aromatic nitrogens is 3. The van der Waals surface area contributed by atoms with E-state index >= 15 is 0 Å². The lowest BCUT2D eigenvalue weighted by molar-refractivity contribution is 0.627. The molecule has 0 amide bonds. The standard InChI is InChI=1S/C28H23FN6/c1-17(2)32-24-15-28-26(14-23(24)33-21-8-5-18(3)31-16-21)34-25-13-20(30-4)9-12-27(25)35(28)22-10-6-19(29)7-11-22/h5-17,33H,1-3H3/b32-24+. The van der Waals surface area contributed by atoms with Crippen LogP contribution in [0, 0.1) is 19.3 Å². The minimum absolute atomic E-state index is 0.0676. The van der Waals surface area contributed by atoms with Gasteiger partial charge in [0.1, 0.15) is 5.82 Å². The van der Waals surface area contributed by atoms with Gasteiger partial charge >= 0.3 is 0 Å². The zero-order chi connectivity index (χ0) is 24.5. The third kappa shape index (κ3) is 4.46. The Bertz CT molecular complexity index is 1610. The van der Waals surface area contributed by atoms with E-state index in [2.05, 4.69) is 15.1 Å². The Morgan fingerprint density at radius 2 is 1.83 bits per heavy atom. The lowest BCUT2D eigenvalue weighted by atomic mass is 10.1. The number of halogens is 1. The Kier molecular flexibility index (Phi) is 5.71. The molecule has 3 aromatic rings.